The molecule has 1 aliphatic carbocycles. The molecule has 0 radical (unpaired) electrons. The van der Waals surface area contributed by atoms with Crippen LogP contribution in [0.5, 0.6) is 0 Å². The van der Waals surface area contributed by atoms with Crippen LogP contribution in [0.15, 0.2) is 23.8 Å². The van der Waals surface area contributed by atoms with Gasteiger partial charge in [-0.2, -0.15) is 0 Å². The van der Waals surface area contributed by atoms with Gasteiger partial charge in [0.25, 0.3) is 0 Å². The molecule has 1 heteroatoms. The summed E-state index contributed by atoms with van der Waals surface area (Å²) in [5.41, 5.74) is 1.30. The molecule has 0 fully saturated rings. The fourth-order valence-corrected chi connectivity index (χ4v) is 1.69. The molecule has 0 aromatic carbocycles. The Hall–Kier alpha value is -0.590. The predicted octanol–water partition coefficient (Wildman–Crippen LogP) is 3.50. The van der Waals surface area contributed by atoms with E-state index in [1.54, 1.807) is 6.08 Å². The van der Waals surface area contributed by atoms with Crippen LogP contribution in [0.2, 0.25) is 0 Å². The smallest absolute Gasteiger partial charge is 0.125 e. The SMILES string of the molecule is CC1C(C(C)(C)C)=CC=CC1F. The van der Waals surface area contributed by atoms with Crippen LogP contribution in [0, 0.1) is 11.3 Å². The van der Waals surface area contributed by atoms with E-state index in [-0.39, 0.29) is 11.3 Å². The van der Waals surface area contributed by atoms with Gasteiger partial charge in [-0.25, -0.2) is 4.39 Å². The molecule has 2 unspecified atom stereocenters. The van der Waals surface area contributed by atoms with Crippen molar-refractivity contribution in [1.29, 1.82) is 0 Å². The maximum atomic E-state index is 13.2. The van der Waals surface area contributed by atoms with Crippen molar-refractivity contribution in [2.24, 2.45) is 11.3 Å². The molecule has 68 valence electrons. The summed E-state index contributed by atoms with van der Waals surface area (Å²) in [5.74, 6) is 0.0370. The van der Waals surface area contributed by atoms with Crippen molar-refractivity contribution in [3.63, 3.8) is 0 Å². The Morgan fingerprint density at radius 3 is 2.33 bits per heavy atom. The molecule has 0 spiro atoms. The number of alkyl halides is 1. The molecular weight excluding hydrogens is 151 g/mol. The zero-order valence-electron chi connectivity index (χ0n) is 8.26. The normalized spacial score (nSPS) is 30.2. The minimum Gasteiger partial charge on any atom is -0.242 e. The van der Waals surface area contributed by atoms with E-state index in [1.165, 1.54) is 5.57 Å². The summed E-state index contributed by atoms with van der Waals surface area (Å²) in [6.07, 6.45) is 4.69. The maximum absolute atomic E-state index is 13.2. The minimum absolute atomic E-state index is 0.0370. The molecule has 0 aliphatic heterocycles. The average Bonchev–Trinajstić information content (AvgIpc) is 1.92. The Kier molecular flexibility index (Phi) is 2.41. The molecular formula is C11H17F. The zero-order valence-corrected chi connectivity index (χ0v) is 8.26. The summed E-state index contributed by atoms with van der Waals surface area (Å²) >= 11 is 0. The Bertz CT molecular complexity index is 218. The van der Waals surface area contributed by atoms with Gasteiger partial charge in [0.2, 0.25) is 0 Å². The van der Waals surface area contributed by atoms with E-state index in [0.717, 1.165) is 0 Å². The molecule has 0 saturated heterocycles. The van der Waals surface area contributed by atoms with Crippen molar-refractivity contribution >= 4 is 0 Å². The van der Waals surface area contributed by atoms with Crippen molar-refractivity contribution in [2.75, 3.05) is 0 Å². The molecule has 1 rings (SSSR count). The maximum Gasteiger partial charge on any atom is 0.125 e. The molecule has 12 heavy (non-hydrogen) atoms. The highest BCUT2D eigenvalue weighted by Crippen LogP contribution is 2.36. The van der Waals surface area contributed by atoms with Gasteiger partial charge in [-0.05, 0) is 5.41 Å². The summed E-state index contributed by atoms with van der Waals surface area (Å²) in [4.78, 5) is 0. The van der Waals surface area contributed by atoms with Crippen LogP contribution in [0.1, 0.15) is 27.7 Å². The van der Waals surface area contributed by atoms with Gasteiger partial charge >= 0.3 is 0 Å². The highest BCUT2D eigenvalue weighted by atomic mass is 19.1. The van der Waals surface area contributed by atoms with Crippen LogP contribution in [0.25, 0.3) is 0 Å². The second-order valence-electron chi connectivity index (χ2n) is 4.49. The van der Waals surface area contributed by atoms with Crippen molar-refractivity contribution < 1.29 is 4.39 Å². The quantitative estimate of drug-likeness (QED) is 0.519. The van der Waals surface area contributed by atoms with Gasteiger partial charge in [-0.1, -0.05) is 51.5 Å². The van der Waals surface area contributed by atoms with Crippen molar-refractivity contribution in [3.8, 4) is 0 Å². The van der Waals surface area contributed by atoms with Crippen LogP contribution < -0.4 is 0 Å². The number of halogens is 1. The van der Waals surface area contributed by atoms with Gasteiger partial charge < -0.3 is 0 Å². The van der Waals surface area contributed by atoms with E-state index in [1.807, 2.05) is 19.1 Å². The third-order valence-corrected chi connectivity index (χ3v) is 2.40. The largest absolute Gasteiger partial charge is 0.242 e. The first-order chi connectivity index (χ1) is 5.43. The molecule has 0 saturated carbocycles. The Morgan fingerprint density at radius 2 is 1.92 bits per heavy atom. The van der Waals surface area contributed by atoms with Crippen molar-refractivity contribution in [1.82, 2.24) is 0 Å². The first kappa shape index (κ1) is 9.50. The minimum atomic E-state index is -0.802. The summed E-state index contributed by atoms with van der Waals surface area (Å²) in [6, 6.07) is 0. The Labute approximate surface area is 74.2 Å². The van der Waals surface area contributed by atoms with E-state index >= 15 is 0 Å². The second kappa shape index (κ2) is 3.04. The summed E-state index contributed by atoms with van der Waals surface area (Å²) in [7, 11) is 0. The summed E-state index contributed by atoms with van der Waals surface area (Å²) < 4.78 is 13.2. The molecule has 0 heterocycles. The van der Waals surface area contributed by atoms with Gasteiger partial charge in [0.05, 0.1) is 0 Å². The molecule has 0 aromatic heterocycles. The molecule has 0 amide bonds. The lowest BCUT2D eigenvalue weighted by Gasteiger charge is -2.31. The Balaban J connectivity index is 2.90. The fraction of sp³-hybridized carbons (Fsp3) is 0.636. The number of allylic oxidation sites excluding steroid dienone is 4. The monoisotopic (exact) mass is 168 g/mol. The highest BCUT2D eigenvalue weighted by Gasteiger charge is 2.28. The first-order valence-electron chi connectivity index (χ1n) is 4.46. The second-order valence-corrected chi connectivity index (χ2v) is 4.49. The fourth-order valence-electron chi connectivity index (χ4n) is 1.69. The van der Waals surface area contributed by atoms with Crippen molar-refractivity contribution in [3.05, 3.63) is 23.8 Å². The van der Waals surface area contributed by atoms with Crippen LogP contribution in [0.4, 0.5) is 4.39 Å². The standard InChI is InChI=1S/C11H17F/c1-8-9(11(2,3)4)6-5-7-10(8)12/h5-8,10H,1-4H3. The van der Waals surface area contributed by atoms with E-state index in [9.17, 15) is 4.39 Å². The lowest BCUT2D eigenvalue weighted by molar-refractivity contribution is 0.288. The average molecular weight is 168 g/mol. The Morgan fingerprint density at radius 1 is 1.33 bits per heavy atom. The first-order valence-corrected chi connectivity index (χ1v) is 4.46. The number of rotatable bonds is 0. The summed E-state index contributed by atoms with van der Waals surface area (Å²) in [6.45, 7) is 8.33. The molecule has 0 N–H and O–H groups in total. The van der Waals surface area contributed by atoms with Crippen LogP contribution in [-0.4, -0.2) is 6.17 Å². The van der Waals surface area contributed by atoms with Crippen LogP contribution >= 0.6 is 0 Å². The van der Waals surface area contributed by atoms with Crippen LogP contribution in [0.3, 0.4) is 0 Å². The number of hydrogen-bond donors (Lipinski definition) is 0. The van der Waals surface area contributed by atoms with Gasteiger partial charge in [0.15, 0.2) is 0 Å². The zero-order chi connectivity index (χ0) is 9.35. The van der Waals surface area contributed by atoms with Gasteiger partial charge in [0, 0.05) is 5.92 Å². The molecule has 1 aliphatic rings. The third kappa shape index (κ3) is 1.77. The molecule has 0 nitrogen and oxygen atoms in total. The van der Waals surface area contributed by atoms with Crippen LogP contribution in [-0.2, 0) is 0 Å². The number of hydrogen-bond acceptors (Lipinski definition) is 0. The predicted molar refractivity (Wildman–Crippen MR) is 50.7 cm³/mol. The van der Waals surface area contributed by atoms with E-state index in [4.69, 9.17) is 0 Å². The van der Waals surface area contributed by atoms with E-state index in [0.29, 0.717) is 0 Å². The lowest BCUT2D eigenvalue weighted by atomic mass is 9.76. The topological polar surface area (TPSA) is 0 Å². The van der Waals surface area contributed by atoms with E-state index < -0.39 is 6.17 Å². The lowest BCUT2D eigenvalue weighted by Crippen LogP contribution is -2.24. The highest BCUT2D eigenvalue weighted by molar-refractivity contribution is 5.27. The van der Waals surface area contributed by atoms with Gasteiger partial charge in [0.1, 0.15) is 6.17 Å². The van der Waals surface area contributed by atoms with Crippen molar-refractivity contribution in [2.45, 2.75) is 33.9 Å². The molecule has 0 aromatic rings. The summed E-state index contributed by atoms with van der Waals surface area (Å²) in [5, 5.41) is 0. The third-order valence-electron chi connectivity index (χ3n) is 2.40. The molecule has 2 atom stereocenters. The molecule has 0 bridgehead atoms. The van der Waals surface area contributed by atoms with Gasteiger partial charge in [-0.3, -0.25) is 0 Å². The van der Waals surface area contributed by atoms with E-state index in [2.05, 4.69) is 20.8 Å². The van der Waals surface area contributed by atoms with Gasteiger partial charge in [-0.15, -0.1) is 0 Å².